The lowest BCUT2D eigenvalue weighted by atomic mass is 9.98. The van der Waals surface area contributed by atoms with E-state index < -0.39 is 30.1 Å². The molecule has 2 aliphatic rings. The van der Waals surface area contributed by atoms with Crippen LogP contribution in [0.5, 0.6) is 0 Å². The first-order chi connectivity index (χ1) is 20.8. The summed E-state index contributed by atoms with van der Waals surface area (Å²) in [6.07, 6.45) is 0.0779. The fourth-order valence-electron chi connectivity index (χ4n) is 5.75. The van der Waals surface area contributed by atoms with Gasteiger partial charge in [-0.25, -0.2) is 14.4 Å². The summed E-state index contributed by atoms with van der Waals surface area (Å²) in [6.45, 7) is 5.43. The average Bonchev–Trinajstić information content (AvgIpc) is 3.05. The molecule has 3 atom stereocenters. The molecule has 0 radical (unpaired) electrons. The van der Waals surface area contributed by atoms with Crippen LogP contribution in [0, 0.1) is 0 Å². The number of benzene rings is 3. The summed E-state index contributed by atoms with van der Waals surface area (Å²) in [6, 6.07) is 23.9. The number of hydrogen-bond donors (Lipinski definition) is 1. The molecule has 2 saturated heterocycles. The van der Waals surface area contributed by atoms with E-state index in [0.29, 0.717) is 23.6 Å². The molecule has 0 spiro atoms. The molecule has 0 aliphatic carbocycles. The molecule has 2 amide bonds. The smallest absolute Gasteiger partial charge is 0.338 e. The molecule has 0 bridgehead atoms. The number of amides is 2. The first-order valence-corrected chi connectivity index (χ1v) is 14.9. The molecule has 226 valence electrons. The second-order valence-electron chi connectivity index (χ2n) is 10.9. The van der Waals surface area contributed by atoms with Crippen LogP contribution < -0.4 is 10.2 Å². The van der Waals surface area contributed by atoms with Crippen molar-refractivity contribution in [2.75, 3.05) is 51.3 Å². The van der Waals surface area contributed by atoms with Gasteiger partial charge in [-0.15, -0.1) is 0 Å². The molecule has 1 N–H and O–H groups in total. The molecule has 9 nitrogen and oxygen atoms in total. The number of piperidine rings is 1. The Morgan fingerprint density at radius 1 is 0.884 bits per heavy atom. The van der Waals surface area contributed by atoms with E-state index in [1.807, 2.05) is 60.7 Å². The van der Waals surface area contributed by atoms with Crippen molar-refractivity contribution in [2.45, 2.75) is 31.5 Å². The lowest BCUT2D eigenvalue weighted by molar-refractivity contribution is -0.142. The molecule has 5 rings (SSSR count). The fraction of sp³-hybridized carbons (Fsp3) is 0.364. The predicted octanol–water partition coefficient (Wildman–Crippen LogP) is 4.70. The van der Waals surface area contributed by atoms with Crippen LogP contribution in [-0.4, -0.2) is 92.3 Å². The molecule has 10 heteroatoms. The van der Waals surface area contributed by atoms with E-state index >= 15 is 0 Å². The second-order valence-corrected chi connectivity index (χ2v) is 11.3. The minimum absolute atomic E-state index is 0.0591. The number of esters is 2. The number of rotatable bonds is 7. The summed E-state index contributed by atoms with van der Waals surface area (Å²) in [5.41, 5.74) is 3.60. The highest BCUT2D eigenvalue weighted by atomic mass is 35.5. The Morgan fingerprint density at radius 3 is 2.26 bits per heavy atom. The van der Waals surface area contributed by atoms with Gasteiger partial charge in [0.2, 0.25) is 0 Å². The van der Waals surface area contributed by atoms with Gasteiger partial charge in [-0.1, -0.05) is 60.1 Å². The predicted molar refractivity (Wildman–Crippen MR) is 166 cm³/mol. The number of piperazine rings is 1. The molecule has 43 heavy (non-hydrogen) atoms. The van der Waals surface area contributed by atoms with Gasteiger partial charge in [0.1, 0.15) is 12.1 Å². The minimum atomic E-state index is -0.793. The van der Waals surface area contributed by atoms with Gasteiger partial charge in [0.15, 0.2) is 0 Å². The zero-order valence-electron chi connectivity index (χ0n) is 24.4. The average molecular weight is 605 g/mol. The number of nitrogens with one attached hydrogen (secondary N) is 1. The van der Waals surface area contributed by atoms with Gasteiger partial charge in [-0.05, 0) is 54.8 Å². The van der Waals surface area contributed by atoms with E-state index in [0.717, 1.165) is 43.0 Å². The monoisotopic (exact) mass is 604 g/mol. The fourth-order valence-corrected chi connectivity index (χ4v) is 5.94. The topological polar surface area (TPSA) is 91.4 Å². The number of ether oxygens (including phenoxy) is 2. The second kappa shape index (κ2) is 13.9. The van der Waals surface area contributed by atoms with Crippen LogP contribution in [0.25, 0.3) is 11.1 Å². The van der Waals surface area contributed by atoms with Crippen molar-refractivity contribution in [2.24, 2.45) is 0 Å². The van der Waals surface area contributed by atoms with E-state index in [-0.39, 0.29) is 12.6 Å². The van der Waals surface area contributed by atoms with Crippen LogP contribution in [0.4, 0.5) is 10.5 Å². The van der Waals surface area contributed by atoms with Gasteiger partial charge in [0, 0.05) is 43.4 Å². The Labute approximate surface area is 257 Å². The molecule has 2 heterocycles. The van der Waals surface area contributed by atoms with Crippen molar-refractivity contribution in [3.05, 3.63) is 89.4 Å². The van der Waals surface area contributed by atoms with Crippen molar-refractivity contribution in [1.82, 2.24) is 15.1 Å². The summed E-state index contributed by atoms with van der Waals surface area (Å²) < 4.78 is 10.9. The summed E-state index contributed by atoms with van der Waals surface area (Å²) in [5, 5.41) is 3.40. The molecule has 3 aromatic carbocycles. The number of likely N-dealkylation sites (tertiary alicyclic amines) is 1. The Kier molecular flexibility index (Phi) is 9.84. The highest BCUT2D eigenvalue weighted by molar-refractivity contribution is 6.30. The van der Waals surface area contributed by atoms with Crippen LogP contribution in [0.2, 0.25) is 5.02 Å². The largest absolute Gasteiger partial charge is 0.467 e. The normalized spacial score (nSPS) is 19.8. The van der Waals surface area contributed by atoms with E-state index in [1.54, 1.807) is 24.0 Å². The standard InChI is InChI=1S/C33H37ClN4O5/c1-23(31(39)42-2)35-33(41)38-16-15-29(37-19-17-36(18-20-37)28-10-6-9-27(34)21-28)30(22-38)43-32(40)26-13-11-25(12-14-26)24-7-4-3-5-8-24/h3-14,21,23,29-30H,15-20,22H2,1-2H3,(H,35,41)/t23?,29-,30-/m1/s1. The van der Waals surface area contributed by atoms with Crippen molar-refractivity contribution in [1.29, 1.82) is 0 Å². The van der Waals surface area contributed by atoms with Crippen LogP contribution in [0.15, 0.2) is 78.9 Å². The van der Waals surface area contributed by atoms with Crippen molar-refractivity contribution < 1.29 is 23.9 Å². The molecule has 0 aromatic heterocycles. The number of carbonyl (C=O) groups is 3. The summed E-state index contributed by atoms with van der Waals surface area (Å²) in [4.78, 5) is 44.6. The molecular formula is C33H37ClN4O5. The molecule has 1 unspecified atom stereocenters. The highest BCUT2D eigenvalue weighted by Gasteiger charge is 2.39. The summed E-state index contributed by atoms with van der Waals surface area (Å²) in [5.74, 6) is -0.958. The SMILES string of the molecule is COC(=O)C(C)NC(=O)N1CC[C@@H](N2CCN(c3cccc(Cl)c3)CC2)[C@H](OC(=O)c2ccc(-c3ccccc3)cc2)C1. The molecule has 2 fully saturated rings. The van der Waals surface area contributed by atoms with Crippen LogP contribution in [0.3, 0.4) is 0 Å². The van der Waals surface area contributed by atoms with E-state index in [4.69, 9.17) is 21.1 Å². The third-order valence-electron chi connectivity index (χ3n) is 8.15. The minimum Gasteiger partial charge on any atom is -0.467 e. The van der Waals surface area contributed by atoms with Gasteiger partial charge < -0.3 is 24.6 Å². The van der Waals surface area contributed by atoms with Gasteiger partial charge in [-0.2, -0.15) is 0 Å². The van der Waals surface area contributed by atoms with Gasteiger partial charge in [0.25, 0.3) is 0 Å². The molecular weight excluding hydrogens is 568 g/mol. The summed E-state index contributed by atoms with van der Waals surface area (Å²) in [7, 11) is 1.28. The number of methoxy groups -OCH3 is 1. The number of hydrogen-bond acceptors (Lipinski definition) is 7. The number of urea groups is 1. The Hall–Kier alpha value is -4.08. The number of anilines is 1. The lowest BCUT2D eigenvalue weighted by Gasteiger charge is -2.46. The molecule has 3 aromatic rings. The van der Waals surface area contributed by atoms with Crippen molar-refractivity contribution in [3.63, 3.8) is 0 Å². The first-order valence-electron chi connectivity index (χ1n) is 14.6. The zero-order chi connectivity index (χ0) is 30.3. The maximum Gasteiger partial charge on any atom is 0.338 e. The van der Waals surface area contributed by atoms with E-state index in [2.05, 4.69) is 21.2 Å². The number of nitrogens with zero attached hydrogens (tertiary/aromatic N) is 3. The maximum atomic E-state index is 13.4. The maximum absolute atomic E-state index is 13.4. The molecule has 0 saturated carbocycles. The zero-order valence-corrected chi connectivity index (χ0v) is 25.2. The summed E-state index contributed by atoms with van der Waals surface area (Å²) >= 11 is 6.22. The third kappa shape index (κ3) is 7.47. The molecule has 2 aliphatic heterocycles. The van der Waals surface area contributed by atoms with Gasteiger partial charge in [0.05, 0.1) is 25.3 Å². The van der Waals surface area contributed by atoms with E-state index in [1.165, 1.54) is 7.11 Å². The number of carbonyl (C=O) groups excluding carboxylic acids is 3. The van der Waals surface area contributed by atoms with Crippen LogP contribution >= 0.6 is 11.6 Å². The van der Waals surface area contributed by atoms with E-state index in [9.17, 15) is 14.4 Å². The van der Waals surface area contributed by atoms with Gasteiger partial charge >= 0.3 is 18.0 Å². The lowest BCUT2D eigenvalue weighted by Crippen LogP contribution is -2.62. The van der Waals surface area contributed by atoms with Crippen LogP contribution in [0.1, 0.15) is 23.7 Å². The van der Waals surface area contributed by atoms with Crippen molar-refractivity contribution in [3.8, 4) is 11.1 Å². The Bertz CT molecular complexity index is 1410. The third-order valence-corrected chi connectivity index (χ3v) is 8.38. The van der Waals surface area contributed by atoms with Crippen molar-refractivity contribution >= 4 is 35.3 Å². The number of halogens is 1. The Morgan fingerprint density at radius 2 is 1.58 bits per heavy atom. The first kappa shape index (κ1) is 30.4. The Balaban J connectivity index is 1.29. The highest BCUT2D eigenvalue weighted by Crippen LogP contribution is 2.26. The van der Waals surface area contributed by atoms with Crippen LogP contribution in [-0.2, 0) is 14.3 Å². The van der Waals surface area contributed by atoms with Gasteiger partial charge in [-0.3, -0.25) is 4.90 Å². The quantitative estimate of drug-likeness (QED) is 0.391.